The molecule has 2 fully saturated rings. The van der Waals surface area contributed by atoms with Crippen LogP contribution in [0.2, 0.25) is 0 Å². The predicted molar refractivity (Wildman–Crippen MR) is 100.0 cm³/mol. The Kier molecular flexibility index (Phi) is 6.08. The number of hydrogen-bond acceptors (Lipinski definition) is 6. The standard InChI is InChI=1S/C18H28N6O2/c1-12-6-7-14(11-13(12)2)20-17-16(21-23-22-17)18(26)19-8-4-10-24-9-3-5-15(24)25/h6-7,11,16-17,20-23H,3-5,8-10H2,1-2H3,(H,19,26). The minimum absolute atomic E-state index is 0.0865. The number of nitrogens with one attached hydrogen (secondary N) is 5. The van der Waals surface area contributed by atoms with E-state index >= 15 is 0 Å². The molecule has 1 aromatic carbocycles. The van der Waals surface area contributed by atoms with Crippen LogP contribution in [0.25, 0.3) is 0 Å². The van der Waals surface area contributed by atoms with Gasteiger partial charge in [0.05, 0.1) is 0 Å². The Labute approximate surface area is 154 Å². The normalized spacial score (nSPS) is 22.7. The fourth-order valence-electron chi connectivity index (χ4n) is 3.24. The van der Waals surface area contributed by atoms with Crippen LogP contribution in [0.4, 0.5) is 5.69 Å². The molecule has 3 rings (SSSR count). The van der Waals surface area contributed by atoms with Gasteiger partial charge < -0.3 is 15.5 Å². The molecule has 2 amide bonds. The third-order valence-corrected chi connectivity index (χ3v) is 4.98. The van der Waals surface area contributed by atoms with Crippen molar-refractivity contribution in [2.45, 2.75) is 45.3 Å². The van der Waals surface area contributed by atoms with Crippen LogP contribution in [0.5, 0.6) is 0 Å². The van der Waals surface area contributed by atoms with Gasteiger partial charge in [-0.3, -0.25) is 9.59 Å². The number of hydrogen-bond donors (Lipinski definition) is 5. The van der Waals surface area contributed by atoms with E-state index in [0.29, 0.717) is 19.5 Å². The van der Waals surface area contributed by atoms with Crippen molar-refractivity contribution in [3.8, 4) is 0 Å². The van der Waals surface area contributed by atoms with Crippen molar-refractivity contribution < 1.29 is 9.59 Å². The first kappa shape index (κ1) is 18.6. The molecule has 142 valence electrons. The highest BCUT2D eigenvalue weighted by molar-refractivity contribution is 5.83. The summed E-state index contributed by atoms with van der Waals surface area (Å²) in [4.78, 5) is 25.9. The first-order valence-electron chi connectivity index (χ1n) is 9.20. The first-order chi connectivity index (χ1) is 12.5. The lowest BCUT2D eigenvalue weighted by Gasteiger charge is -2.21. The number of amides is 2. The fraction of sp³-hybridized carbons (Fsp3) is 0.556. The van der Waals surface area contributed by atoms with E-state index in [0.717, 1.165) is 25.1 Å². The second-order valence-corrected chi connectivity index (χ2v) is 6.94. The molecule has 8 heteroatoms. The molecule has 8 nitrogen and oxygen atoms in total. The molecule has 2 aliphatic rings. The third-order valence-electron chi connectivity index (χ3n) is 4.98. The average Bonchev–Trinajstić information content (AvgIpc) is 3.24. The van der Waals surface area contributed by atoms with Crippen molar-refractivity contribution in [3.05, 3.63) is 29.3 Å². The molecule has 0 saturated carbocycles. The van der Waals surface area contributed by atoms with Crippen molar-refractivity contribution >= 4 is 17.5 Å². The van der Waals surface area contributed by atoms with Crippen LogP contribution >= 0.6 is 0 Å². The lowest BCUT2D eigenvalue weighted by Crippen LogP contribution is -2.50. The second kappa shape index (κ2) is 8.48. The number of benzene rings is 1. The summed E-state index contributed by atoms with van der Waals surface area (Å²) >= 11 is 0. The molecule has 0 spiro atoms. The van der Waals surface area contributed by atoms with E-state index in [1.165, 1.54) is 11.1 Å². The van der Waals surface area contributed by atoms with Crippen LogP contribution in [0.15, 0.2) is 18.2 Å². The molecule has 2 heterocycles. The zero-order chi connectivity index (χ0) is 18.5. The SMILES string of the molecule is Cc1ccc(NC2NNNC2C(=O)NCCCN2CCCC2=O)cc1C. The van der Waals surface area contributed by atoms with Crippen LogP contribution in [-0.2, 0) is 9.59 Å². The van der Waals surface area contributed by atoms with Gasteiger partial charge in [-0.1, -0.05) is 6.07 Å². The van der Waals surface area contributed by atoms with Crippen LogP contribution in [0.3, 0.4) is 0 Å². The van der Waals surface area contributed by atoms with Gasteiger partial charge in [0.2, 0.25) is 11.8 Å². The van der Waals surface area contributed by atoms with Crippen molar-refractivity contribution in [3.63, 3.8) is 0 Å². The molecule has 0 aromatic heterocycles. The number of anilines is 1. The predicted octanol–water partition coefficient (Wildman–Crippen LogP) is 0.151. The number of hydrazine groups is 2. The van der Waals surface area contributed by atoms with Crippen LogP contribution in [0, 0.1) is 13.8 Å². The molecule has 2 aliphatic heterocycles. The number of carbonyl (C=O) groups excluding carboxylic acids is 2. The van der Waals surface area contributed by atoms with Gasteiger partial charge in [0.15, 0.2) is 0 Å². The van der Waals surface area contributed by atoms with Crippen LogP contribution in [-0.4, -0.2) is 48.6 Å². The minimum Gasteiger partial charge on any atom is -0.367 e. The minimum atomic E-state index is -0.440. The summed E-state index contributed by atoms with van der Waals surface area (Å²) in [6, 6.07) is 5.69. The zero-order valence-corrected chi connectivity index (χ0v) is 15.4. The van der Waals surface area contributed by atoms with E-state index in [4.69, 9.17) is 0 Å². The Morgan fingerprint density at radius 3 is 2.85 bits per heavy atom. The highest BCUT2D eigenvalue weighted by Crippen LogP contribution is 2.16. The number of rotatable bonds is 7. The van der Waals surface area contributed by atoms with Crippen molar-refractivity contribution in [2.75, 3.05) is 25.0 Å². The molecule has 0 radical (unpaired) electrons. The fourth-order valence-corrected chi connectivity index (χ4v) is 3.24. The van der Waals surface area contributed by atoms with E-state index < -0.39 is 6.04 Å². The summed E-state index contributed by atoms with van der Waals surface area (Å²) in [5.74, 6) is 0.136. The molecule has 1 aromatic rings. The van der Waals surface area contributed by atoms with Gasteiger partial charge in [0.1, 0.15) is 12.2 Å². The quantitative estimate of drug-likeness (QED) is 0.444. The largest absolute Gasteiger partial charge is 0.367 e. The lowest BCUT2D eigenvalue weighted by atomic mass is 10.1. The van der Waals surface area contributed by atoms with E-state index in [2.05, 4.69) is 53.0 Å². The molecule has 0 aliphatic carbocycles. The number of likely N-dealkylation sites (tertiary alicyclic amines) is 1. The van der Waals surface area contributed by atoms with Gasteiger partial charge in [0.25, 0.3) is 0 Å². The molecule has 2 atom stereocenters. The molecular formula is C18H28N6O2. The van der Waals surface area contributed by atoms with Gasteiger partial charge in [-0.05, 0) is 49.9 Å². The summed E-state index contributed by atoms with van der Waals surface area (Å²) in [7, 11) is 0. The van der Waals surface area contributed by atoms with Crippen molar-refractivity contribution in [2.24, 2.45) is 0 Å². The highest BCUT2D eigenvalue weighted by atomic mass is 16.2. The maximum atomic E-state index is 12.5. The van der Waals surface area contributed by atoms with E-state index in [-0.39, 0.29) is 18.0 Å². The van der Waals surface area contributed by atoms with Gasteiger partial charge in [-0.25, -0.2) is 10.9 Å². The number of aryl methyl sites for hydroxylation is 2. The highest BCUT2D eigenvalue weighted by Gasteiger charge is 2.32. The van der Waals surface area contributed by atoms with E-state index in [1.807, 2.05) is 11.0 Å². The molecule has 0 bridgehead atoms. The Balaban J connectivity index is 1.45. The molecular weight excluding hydrogens is 332 g/mol. The van der Waals surface area contributed by atoms with Crippen LogP contribution in [0.1, 0.15) is 30.4 Å². The smallest absolute Gasteiger partial charge is 0.242 e. The van der Waals surface area contributed by atoms with Gasteiger partial charge in [0, 0.05) is 31.7 Å². The maximum absolute atomic E-state index is 12.5. The third kappa shape index (κ3) is 4.51. The maximum Gasteiger partial charge on any atom is 0.242 e. The van der Waals surface area contributed by atoms with Gasteiger partial charge in [-0.2, -0.15) is 5.53 Å². The van der Waals surface area contributed by atoms with E-state index in [9.17, 15) is 9.59 Å². The summed E-state index contributed by atoms with van der Waals surface area (Å²) in [5.41, 5.74) is 12.2. The molecule has 2 unspecified atom stereocenters. The Morgan fingerprint density at radius 1 is 1.27 bits per heavy atom. The topological polar surface area (TPSA) is 97.5 Å². The van der Waals surface area contributed by atoms with Crippen molar-refractivity contribution in [1.82, 2.24) is 26.6 Å². The van der Waals surface area contributed by atoms with E-state index in [1.54, 1.807) is 0 Å². The Morgan fingerprint density at radius 2 is 2.12 bits per heavy atom. The van der Waals surface area contributed by atoms with Crippen LogP contribution < -0.4 is 27.0 Å². The second-order valence-electron chi connectivity index (χ2n) is 6.94. The summed E-state index contributed by atoms with van der Waals surface area (Å²) in [6.45, 7) is 6.23. The first-order valence-corrected chi connectivity index (χ1v) is 9.20. The van der Waals surface area contributed by atoms with Crippen molar-refractivity contribution in [1.29, 1.82) is 0 Å². The summed E-state index contributed by atoms with van der Waals surface area (Å²) in [5, 5.41) is 6.27. The summed E-state index contributed by atoms with van der Waals surface area (Å²) < 4.78 is 0. The van der Waals surface area contributed by atoms with Gasteiger partial charge in [-0.15, -0.1) is 0 Å². The number of carbonyl (C=O) groups is 2. The average molecular weight is 360 g/mol. The number of nitrogens with zero attached hydrogens (tertiary/aromatic N) is 1. The monoisotopic (exact) mass is 360 g/mol. The molecule has 5 N–H and O–H groups in total. The zero-order valence-electron chi connectivity index (χ0n) is 15.4. The van der Waals surface area contributed by atoms with Gasteiger partial charge >= 0.3 is 0 Å². The molecule has 2 saturated heterocycles. The summed E-state index contributed by atoms with van der Waals surface area (Å²) in [6.07, 6.45) is 2.10. The molecule has 26 heavy (non-hydrogen) atoms. The Hall–Kier alpha value is -2.16. The lowest BCUT2D eigenvalue weighted by molar-refractivity contribution is -0.127. The Bertz CT molecular complexity index is 665.